The van der Waals surface area contributed by atoms with E-state index >= 15 is 0 Å². The van der Waals surface area contributed by atoms with Crippen LogP contribution in [0, 0.1) is 0 Å². The Morgan fingerprint density at radius 2 is 1.70 bits per heavy atom. The molecule has 6 nitrogen and oxygen atoms in total. The van der Waals surface area contributed by atoms with Crippen molar-refractivity contribution in [3.63, 3.8) is 0 Å². The van der Waals surface area contributed by atoms with Crippen LogP contribution in [-0.2, 0) is 16.1 Å². The molecule has 0 radical (unpaired) electrons. The second kappa shape index (κ2) is 9.19. The topological polar surface area (TPSA) is 78.9 Å². The van der Waals surface area contributed by atoms with Gasteiger partial charge in [0.2, 0.25) is 0 Å². The van der Waals surface area contributed by atoms with Crippen molar-refractivity contribution in [2.45, 2.75) is 25.4 Å². The van der Waals surface area contributed by atoms with Crippen LogP contribution in [0.4, 0.5) is 0 Å². The minimum atomic E-state index is -0.707. The number of rotatable bonds is 6. The minimum Gasteiger partial charge on any atom is -0.507 e. The van der Waals surface area contributed by atoms with Crippen molar-refractivity contribution < 1.29 is 19.4 Å². The summed E-state index contributed by atoms with van der Waals surface area (Å²) in [5.74, 6) is -1.19. The van der Waals surface area contributed by atoms with Gasteiger partial charge in [0.15, 0.2) is 6.61 Å². The van der Waals surface area contributed by atoms with Crippen LogP contribution in [0.5, 0.6) is 5.75 Å². The first-order chi connectivity index (χ1) is 13.1. The molecule has 3 rings (SSSR count). The number of para-hydroxylation sites is 1. The number of phenols is 1. The number of esters is 1. The molecule has 1 heterocycles. The summed E-state index contributed by atoms with van der Waals surface area (Å²) >= 11 is 0. The second-order valence-corrected chi connectivity index (χ2v) is 6.70. The van der Waals surface area contributed by atoms with Crippen LogP contribution in [0.3, 0.4) is 0 Å². The summed E-state index contributed by atoms with van der Waals surface area (Å²) in [6.07, 6.45) is 1.73. The SMILES string of the molecule is O=C(COC(=O)c1ccccc1O)NC1CCN(Cc2ccccc2)CC1. The first-order valence-corrected chi connectivity index (χ1v) is 9.12. The zero-order chi connectivity index (χ0) is 19.1. The molecular formula is C21H24N2O4. The number of nitrogens with zero attached hydrogens (tertiary/aromatic N) is 1. The molecule has 1 amide bonds. The number of hydrogen-bond acceptors (Lipinski definition) is 5. The molecule has 0 saturated carbocycles. The molecule has 6 heteroatoms. The van der Waals surface area contributed by atoms with E-state index in [1.54, 1.807) is 12.1 Å². The summed E-state index contributed by atoms with van der Waals surface area (Å²) in [6.45, 7) is 2.39. The molecule has 0 atom stereocenters. The maximum absolute atomic E-state index is 12.0. The third kappa shape index (κ3) is 5.56. The van der Waals surface area contributed by atoms with Crippen molar-refractivity contribution in [1.29, 1.82) is 0 Å². The number of amides is 1. The number of ether oxygens (including phenoxy) is 1. The molecule has 1 saturated heterocycles. The molecule has 2 aromatic carbocycles. The lowest BCUT2D eigenvalue weighted by atomic mass is 10.0. The first kappa shape index (κ1) is 18.9. The summed E-state index contributed by atoms with van der Waals surface area (Å²) < 4.78 is 4.99. The van der Waals surface area contributed by atoms with Gasteiger partial charge in [-0.05, 0) is 30.5 Å². The van der Waals surface area contributed by atoms with Gasteiger partial charge >= 0.3 is 5.97 Å². The highest BCUT2D eigenvalue weighted by atomic mass is 16.5. The number of hydrogen-bond donors (Lipinski definition) is 2. The highest BCUT2D eigenvalue weighted by Gasteiger charge is 2.21. The third-order valence-electron chi connectivity index (χ3n) is 4.66. The van der Waals surface area contributed by atoms with E-state index in [2.05, 4.69) is 22.3 Å². The van der Waals surface area contributed by atoms with Gasteiger partial charge in [0.05, 0.1) is 0 Å². The summed E-state index contributed by atoms with van der Waals surface area (Å²) in [5, 5.41) is 12.6. The van der Waals surface area contributed by atoms with E-state index in [1.807, 2.05) is 18.2 Å². The van der Waals surface area contributed by atoms with Gasteiger partial charge in [0.1, 0.15) is 11.3 Å². The second-order valence-electron chi connectivity index (χ2n) is 6.70. The Morgan fingerprint density at radius 1 is 1.04 bits per heavy atom. The van der Waals surface area contributed by atoms with E-state index in [0.717, 1.165) is 32.5 Å². The normalized spacial score (nSPS) is 15.3. The highest BCUT2D eigenvalue weighted by Crippen LogP contribution is 2.17. The van der Waals surface area contributed by atoms with Crippen LogP contribution in [0.15, 0.2) is 54.6 Å². The minimum absolute atomic E-state index is 0.0551. The van der Waals surface area contributed by atoms with Crippen LogP contribution >= 0.6 is 0 Å². The van der Waals surface area contributed by atoms with Crippen molar-refractivity contribution in [3.8, 4) is 5.75 Å². The maximum Gasteiger partial charge on any atom is 0.342 e. The molecule has 2 aromatic rings. The molecule has 1 aliphatic rings. The number of nitrogens with one attached hydrogen (secondary N) is 1. The molecule has 0 aliphatic carbocycles. The average Bonchev–Trinajstić information content (AvgIpc) is 2.69. The molecule has 0 aromatic heterocycles. The number of likely N-dealkylation sites (tertiary alicyclic amines) is 1. The van der Waals surface area contributed by atoms with Gasteiger partial charge in [-0.3, -0.25) is 9.69 Å². The van der Waals surface area contributed by atoms with Gasteiger partial charge in [-0.1, -0.05) is 42.5 Å². The van der Waals surface area contributed by atoms with Crippen molar-refractivity contribution in [2.75, 3.05) is 19.7 Å². The highest BCUT2D eigenvalue weighted by molar-refractivity contribution is 5.93. The average molecular weight is 368 g/mol. The van der Waals surface area contributed by atoms with Crippen molar-refractivity contribution in [2.24, 2.45) is 0 Å². The molecule has 1 aliphatic heterocycles. The van der Waals surface area contributed by atoms with Gasteiger partial charge in [-0.25, -0.2) is 4.79 Å². The summed E-state index contributed by atoms with van der Waals surface area (Å²) in [4.78, 5) is 26.3. The molecule has 142 valence electrons. The van der Waals surface area contributed by atoms with Crippen LogP contribution in [0.25, 0.3) is 0 Å². The number of benzene rings is 2. The quantitative estimate of drug-likeness (QED) is 0.765. The lowest BCUT2D eigenvalue weighted by molar-refractivity contribution is -0.125. The standard InChI is InChI=1S/C21H24N2O4/c24-19-9-5-4-8-18(19)21(26)27-15-20(25)22-17-10-12-23(13-11-17)14-16-6-2-1-3-7-16/h1-9,17,24H,10-15H2,(H,22,25). The zero-order valence-electron chi connectivity index (χ0n) is 15.1. The van der Waals surface area contributed by atoms with Crippen LogP contribution in [0.1, 0.15) is 28.8 Å². The summed E-state index contributed by atoms with van der Waals surface area (Å²) in [7, 11) is 0. The van der Waals surface area contributed by atoms with E-state index in [4.69, 9.17) is 4.74 Å². The Bertz CT molecular complexity index is 771. The van der Waals surface area contributed by atoms with Crippen molar-refractivity contribution >= 4 is 11.9 Å². The van der Waals surface area contributed by atoms with E-state index in [-0.39, 0.29) is 29.9 Å². The summed E-state index contributed by atoms with van der Waals surface area (Å²) in [5.41, 5.74) is 1.34. The lowest BCUT2D eigenvalue weighted by Crippen LogP contribution is -2.45. The number of carbonyl (C=O) groups is 2. The Hall–Kier alpha value is -2.86. The van der Waals surface area contributed by atoms with E-state index in [0.29, 0.717) is 0 Å². The maximum atomic E-state index is 12.0. The fraction of sp³-hybridized carbons (Fsp3) is 0.333. The Morgan fingerprint density at radius 3 is 2.41 bits per heavy atom. The number of piperidine rings is 1. The molecule has 27 heavy (non-hydrogen) atoms. The smallest absolute Gasteiger partial charge is 0.342 e. The van der Waals surface area contributed by atoms with Crippen LogP contribution in [-0.4, -0.2) is 47.6 Å². The summed E-state index contributed by atoms with van der Waals surface area (Å²) in [6, 6.07) is 16.5. The number of aromatic hydroxyl groups is 1. The van der Waals surface area contributed by atoms with E-state index in [1.165, 1.54) is 17.7 Å². The lowest BCUT2D eigenvalue weighted by Gasteiger charge is -2.32. The molecule has 0 unspecified atom stereocenters. The van der Waals surface area contributed by atoms with Gasteiger partial charge in [0.25, 0.3) is 5.91 Å². The van der Waals surface area contributed by atoms with E-state index in [9.17, 15) is 14.7 Å². The number of phenolic OH excluding ortho intramolecular Hbond substituents is 1. The fourth-order valence-corrected chi connectivity index (χ4v) is 3.20. The Kier molecular flexibility index (Phi) is 6.44. The zero-order valence-corrected chi connectivity index (χ0v) is 15.1. The third-order valence-corrected chi connectivity index (χ3v) is 4.66. The van der Waals surface area contributed by atoms with Crippen molar-refractivity contribution in [1.82, 2.24) is 10.2 Å². The molecular weight excluding hydrogens is 344 g/mol. The number of carbonyl (C=O) groups excluding carboxylic acids is 2. The molecule has 2 N–H and O–H groups in total. The Balaban J connectivity index is 1.38. The molecule has 0 bridgehead atoms. The van der Waals surface area contributed by atoms with Crippen LogP contribution in [0.2, 0.25) is 0 Å². The predicted molar refractivity (Wildman–Crippen MR) is 101 cm³/mol. The van der Waals surface area contributed by atoms with Crippen LogP contribution < -0.4 is 5.32 Å². The largest absolute Gasteiger partial charge is 0.507 e. The Labute approximate surface area is 158 Å². The van der Waals surface area contributed by atoms with Gasteiger partial charge in [-0.15, -0.1) is 0 Å². The fourth-order valence-electron chi connectivity index (χ4n) is 3.20. The molecule has 0 spiro atoms. The molecule has 1 fully saturated rings. The first-order valence-electron chi connectivity index (χ1n) is 9.12. The van der Waals surface area contributed by atoms with E-state index < -0.39 is 5.97 Å². The monoisotopic (exact) mass is 368 g/mol. The van der Waals surface area contributed by atoms with Gasteiger partial charge in [0, 0.05) is 25.7 Å². The predicted octanol–water partition coefficient (Wildman–Crippen LogP) is 2.33. The van der Waals surface area contributed by atoms with Crippen molar-refractivity contribution in [3.05, 3.63) is 65.7 Å². The van der Waals surface area contributed by atoms with Gasteiger partial charge in [-0.2, -0.15) is 0 Å². The van der Waals surface area contributed by atoms with Gasteiger partial charge < -0.3 is 15.2 Å².